The molecule has 3 rings (SSSR count). The molecule has 1 amide bonds. The number of benzene rings is 1. The van der Waals surface area contributed by atoms with Crippen molar-refractivity contribution in [2.24, 2.45) is 0 Å². The number of likely N-dealkylation sites (tertiary alicyclic amines) is 1. The van der Waals surface area contributed by atoms with E-state index in [2.05, 4.69) is 11.9 Å². The van der Waals surface area contributed by atoms with Crippen molar-refractivity contribution in [2.75, 3.05) is 13.7 Å². The number of ether oxygens (including phenoxy) is 1. The topological polar surface area (TPSA) is 45.3 Å². The molecule has 4 heteroatoms. The van der Waals surface area contributed by atoms with Gasteiger partial charge >= 0.3 is 0 Å². The number of methoxy groups -OCH3 is 1. The van der Waals surface area contributed by atoms with Gasteiger partial charge in [0.1, 0.15) is 5.75 Å². The highest BCUT2D eigenvalue weighted by atomic mass is 16.5. The summed E-state index contributed by atoms with van der Waals surface area (Å²) < 4.78 is 5.26. The predicted molar refractivity (Wildman–Crippen MR) is 79.0 cm³/mol. The number of nitrogens with one attached hydrogen (secondary N) is 1. The van der Waals surface area contributed by atoms with Crippen molar-refractivity contribution in [3.63, 3.8) is 0 Å². The van der Waals surface area contributed by atoms with Crippen LogP contribution >= 0.6 is 0 Å². The first-order chi connectivity index (χ1) is 9.72. The average molecular weight is 272 g/mol. The Morgan fingerprint density at radius 1 is 1.50 bits per heavy atom. The molecule has 1 saturated heterocycles. The van der Waals surface area contributed by atoms with E-state index in [-0.39, 0.29) is 5.91 Å². The third-order valence-corrected chi connectivity index (χ3v) is 4.25. The quantitative estimate of drug-likeness (QED) is 0.930. The minimum atomic E-state index is 0.229. The zero-order chi connectivity index (χ0) is 14.1. The van der Waals surface area contributed by atoms with Crippen molar-refractivity contribution < 1.29 is 9.53 Å². The molecule has 20 heavy (non-hydrogen) atoms. The summed E-state index contributed by atoms with van der Waals surface area (Å²) in [6.45, 7) is 3.05. The molecule has 1 fully saturated rings. The first kappa shape index (κ1) is 13.0. The van der Waals surface area contributed by atoms with Crippen LogP contribution < -0.4 is 4.74 Å². The number of hydrogen-bond acceptors (Lipinski definition) is 2. The van der Waals surface area contributed by atoms with Gasteiger partial charge in [-0.2, -0.15) is 0 Å². The summed E-state index contributed by atoms with van der Waals surface area (Å²) in [6, 6.07) is 6.34. The number of fused-ring (bicyclic) bond motifs is 1. The molecule has 1 unspecified atom stereocenters. The fourth-order valence-electron chi connectivity index (χ4n) is 2.89. The molecular formula is C16H20N2O2. The SMILES string of the molecule is CCC1CCN1C(=O)Cc1c[nH]c2ccc(OC)cc12. The first-order valence-corrected chi connectivity index (χ1v) is 7.16. The highest BCUT2D eigenvalue weighted by Gasteiger charge is 2.30. The van der Waals surface area contributed by atoms with E-state index < -0.39 is 0 Å². The summed E-state index contributed by atoms with van der Waals surface area (Å²) in [6.07, 6.45) is 4.59. The van der Waals surface area contributed by atoms with Gasteiger partial charge in [-0.3, -0.25) is 4.79 Å². The second kappa shape index (κ2) is 5.19. The second-order valence-corrected chi connectivity index (χ2v) is 5.34. The van der Waals surface area contributed by atoms with E-state index in [1.54, 1.807) is 7.11 Å². The standard InChI is InChI=1S/C16H20N2O2/c1-3-12-6-7-18(12)16(19)8-11-10-17-15-5-4-13(20-2)9-14(11)15/h4-5,9-10,12,17H,3,6-8H2,1-2H3. The number of rotatable bonds is 4. The van der Waals surface area contributed by atoms with E-state index in [1.165, 1.54) is 0 Å². The van der Waals surface area contributed by atoms with Gasteiger partial charge in [0.05, 0.1) is 13.5 Å². The smallest absolute Gasteiger partial charge is 0.227 e. The lowest BCUT2D eigenvalue weighted by Crippen LogP contribution is -2.51. The van der Waals surface area contributed by atoms with Gasteiger partial charge in [-0.15, -0.1) is 0 Å². The van der Waals surface area contributed by atoms with Crippen LogP contribution in [0.15, 0.2) is 24.4 Å². The Morgan fingerprint density at radius 3 is 3.00 bits per heavy atom. The first-order valence-electron chi connectivity index (χ1n) is 7.16. The fourth-order valence-corrected chi connectivity index (χ4v) is 2.89. The number of carbonyl (C=O) groups excluding carboxylic acids is 1. The van der Waals surface area contributed by atoms with E-state index in [0.717, 1.165) is 41.6 Å². The maximum atomic E-state index is 12.3. The highest BCUT2D eigenvalue weighted by Crippen LogP contribution is 2.26. The molecule has 2 aromatic rings. The molecule has 1 aromatic carbocycles. The molecule has 0 aliphatic carbocycles. The fraction of sp³-hybridized carbons (Fsp3) is 0.438. The van der Waals surface area contributed by atoms with E-state index in [1.807, 2.05) is 29.3 Å². The van der Waals surface area contributed by atoms with Crippen LogP contribution in [-0.2, 0) is 11.2 Å². The van der Waals surface area contributed by atoms with Crippen LogP contribution in [0.25, 0.3) is 10.9 Å². The van der Waals surface area contributed by atoms with Crippen molar-refractivity contribution in [1.29, 1.82) is 0 Å². The van der Waals surface area contributed by atoms with Crippen molar-refractivity contribution in [2.45, 2.75) is 32.2 Å². The zero-order valence-electron chi connectivity index (χ0n) is 12.0. The van der Waals surface area contributed by atoms with E-state index in [4.69, 9.17) is 4.74 Å². The number of nitrogens with zero attached hydrogens (tertiary/aromatic N) is 1. The van der Waals surface area contributed by atoms with Crippen LogP contribution in [-0.4, -0.2) is 35.5 Å². The monoisotopic (exact) mass is 272 g/mol. The van der Waals surface area contributed by atoms with Gasteiger partial charge in [0.25, 0.3) is 0 Å². The largest absolute Gasteiger partial charge is 0.497 e. The van der Waals surface area contributed by atoms with Gasteiger partial charge in [-0.25, -0.2) is 0 Å². The van der Waals surface area contributed by atoms with Crippen molar-refractivity contribution >= 4 is 16.8 Å². The highest BCUT2D eigenvalue weighted by molar-refractivity contribution is 5.90. The number of amides is 1. The lowest BCUT2D eigenvalue weighted by molar-refractivity contribution is -0.138. The normalized spacial score (nSPS) is 18.1. The van der Waals surface area contributed by atoms with Gasteiger partial charge < -0.3 is 14.6 Å². The molecule has 4 nitrogen and oxygen atoms in total. The van der Waals surface area contributed by atoms with Crippen LogP contribution in [0.2, 0.25) is 0 Å². The van der Waals surface area contributed by atoms with Gasteiger partial charge in [0, 0.05) is 29.7 Å². The Kier molecular flexibility index (Phi) is 3.38. The number of carbonyl (C=O) groups is 1. The molecule has 1 atom stereocenters. The van der Waals surface area contributed by atoms with E-state index in [9.17, 15) is 4.79 Å². The Balaban J connectivity index is 1.82. The number of aromatic nitrogens is 1. The molecule has 106 valence electrons. The Hall–Kier alpha value is -1.97. The third-order valence-electron chi connectivity index (χ3n) is 4.25. The van der Waals surface area contributed by atoms with Crippen molar-refractivity contribution in [1.82, 2.24) is 9.88 Å². The molecule has 0 spiro atoms. The second-order valence-electron chi connectivity index (χ2n) is 5.34. The molecule has 1 aliphatic heterocycles. The van der Waals surface area contributed by atoms with Crippen LogP contribution in [0.5, 0.6) is 5.75 Å². The van der Waals surface area contributed by atoms with Crippen LogP contribution in [0.1, 0.15) is 25.3 Å². The molecule has 0 radical (unpaired) electrons. The summed E-state index contributed by atoms with van der Waals surface area (Å²) in [4.78, 5) is 17.6. The summed E-state index contributed by atoms with van der Waals surface area (Å²) in [5.74, 6) is 1.05. The molecule has 0 saturated carbocycles. The number of hydrogen-bond donors (Lipinski definition) is 1. The maximum Gasteiger partial charge on any atom is 0.227 e. The van der Waals surface area contributed by atoms with Crippen LogP contribution in [0.4, 0.5) is 0 Å². The molecule has 1 aromatic heterocycles. The van der Waals surface area contributed by atoms with Gasteiger partial charge in [0.2, 0.25) is 5.91 Å². The molecule has 0 bridgehead atoms. The minimum absolute atomic E-state index is 0.229. The summed E-state index contributed by atoms with van der Waals surface area (Å²) in [5, 5.41) is 1.08. The summed E-state index contributed by atoms with van der Waals surface area (Å²) in [5.41, 5.74) is 2.09. The zero-order valence-corrected chi connectivity index (χ0v) is 12.0. The molecule has 1 N–H and O–H groups in total. The lowest BCUT2D eigenvalue weighted by Gasteiger charge is -2.40. The Labute approximate surface area is 118 Å². The average Bonchev–Trinajstić information content (AvgIpc) is 2.80. The van der Waals surface area contributed by atoms with E-state index >= 15 is 0 Å². The van der Waals surface area contributed by atoms with Crippen LogP contribution in [0, 0.1) is 0 Å². The van der Waals surface area contributed by atoms with Crippen molar-refractivity contribution in [3.8, 4) is 5.75 Å². The van der Waals surface area contributed by atoms with Crippen molar-refractivity contribution in [3.05, 3.63) is 30.0 Å². The minimum Gasteiger partial charge on any atom is -0.497 e. The summed E-state index contributed by atoms with van der Waals surface area (Å²) in [7, 11) is 1.66. The van der Waals surface area contributed by atoms with Gasteiger partial charge in [0.15, 0.2) is 0 Å². The molecule has 2 heterocycles. The van der Waals surface area contributed by atoms with Crippen LogP contribution in [0.3, 0.4) is 0 Å². The number of H-pyrrole nitrogens is 1. The Morgan fingerprint density at radius 2 is 2.35 bits per heavy atom. The molecule has 1 aliphatic rings. The third kappa shape index (κ3) is 2.15. The predicted octanol–water partition coefficient (Wildman–Crippen LogP) is 2.73. The molecular weight excluding hydrogens is 252 g/mol. The van der Waals surface area contributed by atoms with Gasteiger partial charge in [-0.1, -0.05) is 6.92 Å². The Bertz CT molecular complexity index is 630. The number of aromatic amines is 1. The lowest BCUT2D eigenvalue weighted by atomic mass is 9.99. The van der Waals surface area contributed by atoms with Gasteiger partial charge in [-0.05, 0) is 36.6 Å². The summed E-state index contributed by atoms with van der Waals surface area (Å²) >= 11 is 0. The van der Waals surface area contributed by atoms with E-state index in [0.29, 0.717) is 12.5 Å². The maximum absolute atomic E-state index is 12.3.